The minimum Gasteiger partial charge on any atom is -0.496 e. The Hall–Kier alpha value is -2.60. The molecule has 0 saturated carbocycles. The number of methoxy groups -OCH3 is 1. The Morgan fingerprint density at radius 1 is 1.23 bits per heavy atom. The zero-order valence-electron chi connectivity index (χ0n) is 12.4. The first-order valence-corrected chi connectivity index (χ1v) is 6.71. The van der Waals surface area contributed by atoms with Crippen molar-refractivity contribution in [3.05, 3.63) is 63.7 Å². The van der Waals surface area contributed by atoms with Gasteiger partial charge >= 0.3 is 5.69 Å². The SMILES string of the molecule is COc1ccc(OCC(O)c2ccc(C)cc2)c([N+](=O)[O-])c1. The molecule has 2 rings (SSSR count). The fourth-order valence-corrected chi connectivity index (χ4v) is 1.94. The van der Waals surface area contributed by atoms with Crippen LogP contribution in [0.15, 0.2) is 42.5 Å². The van der Waals surface area contributed by atoms with Crippen LogP contribution < -0.4 is 9.47 Å². The lowest BCUT2D eigenvalue weighted by atomic mass is 10.1. The summed E-state index contributed by atoms with van der Waals surface area (Å²) in [5.41, 5.74) is 1.58. The number of aryl methyl sites for hydroxylation is 1. The van der Waals surface area contributed by atoms with Gasteiger partial charge in [0.05, 0.1) is 18.1 Å². The van der Waals surface area contributed by atoms with Crippen molar-refractivity contribution in [2.24, 2.45) is 0 Å². The van der Waals surface area contributed by atoms with Gasteiger partial charge in [-0.25, -0.2) is 0 Å². The summed E-state index contributed by atoms with van der Waals surface area (Å²) in [6.45, 7) is 1.88. The van der Waals surface area contributed by atoms with Gasteiger partial charge in [0.2, 0.25) is 0 Å². The molecule has 0 aliphatic carbocycles. The Morgan fingerprint density at radius 2 is 1.91 bits per heavy atom. The zero-order valence-corrected chi connectivity index (χ0v) is 12.4. The van der Waals surface area contributed by atoms with E-state index in [0.29, 0.717) is 11.3 Å². The topological polar surface area (TPSA) is 81.8 Å². The van der Waals surface area contributed by atoms with Gasteiger partial charge in [0, 0.05) is 0 Å². The Labute approximate surface area is 128 Å². The van der Waals surface area contributed by atoms with Crippen molar-refractivity contribution in [3.8, 4) is 11.5 Å². The third-order valence-corrected chi connectivity index (χ3v) is 3.22. The van der Waals surface area contributed by atoms with Crippen LogP contribution >= 0.6 is 0 Å². The van der Waals surface area contributed by atoms with Crippen molar-refractivity contribution in [2.45, 2.75) is 13.0 Å². The average Bonchev–Trinajstić information content (AvgIpc) is 2.53. The number of benzene rings is 2. The Bertz CT molecular complexity index is 654. The highest BCUT2D eigenvalue weighted by Gasteiger charge is 2.18. The number of hydrogen-bond donors (Lipinski definition) is 1. The van der Waals surface area contributed by atoms with Gasteiger partial charge in [0.25, 0.3) is 0 Å². The summed E-state index contributed by atoms with van der Waals surface area (Å²) in [5, 5.41) is 21.1. The maximum atomic E-state index is 11.0. The first-order chi connectivity index (χ1) is 10.5. The maximum absolute atomic E-state index is 11.0. The van der Waals surface area contributed by atoms with E-state index in [1.54, 1.807) is 18.2 Å². The fraction of sp³-hybridized carbons (Fsp3) is 0.250. The number of aliphatic hydroxyl groups excluding tert-OH is 1. The van der Waals surface area contributed by atoms with Crippen molar-refractivity contribution in [1.82, 2.24) is 0 Å². The van der Waals surface area contributed by atoms with Gasteiger partial charge in [-0.15, -0.1) is 0 Å². The van der Waals surface area contributed by atoms with Gasteiger partial charge < -0.3 is 14.6 Å². The number of aliphatic hydroxyl groups is 1. The van der Waals surface area contributed by atoms with Crippen LogP contribution in [0.25, 0.3) is 0 Å². The average molecular weight is 303 g/mol. The normalized spacial score (nSPS) is 11.8. The van der Waals surface area contributed by atoms with E-state index < -0.39 is 11.0 Å². The number of nitro benzene ring substituents is 1. The Balaban J connectivity index is 2.10. The largest absolute Gasteiger partial charge is 0.496 e. The van der Waals surface area contributed by atoms with Crippen LogP contribution in [-0.4, -0.2) is 23.7 Å². The highest BCUT2D eigenvalue weighted by molar-refractivity contribution is 5.50. The molecule has 0 aliphatic rings. The molecule has 0 aliphatic heterocycles. The standard InChI is InChI=1S/C16H17NO5/c1-11-3-5-12(6-4-11)15(18)10-22-16-8-7-13(21-2)9-14(16)17(19)20/h3-9,15,18H,10H2,1-2H3. The van der Waals surface area contributed by atoms with Crippen LogP contribution in [0, 0.1) is 17.0 Å². The second kappa shape index (κ2) is 6.91. The predicted octanol–water partition coefficient (Wildman–Crippen LogP) is 3.02. The summed E-state index contributed by atoms with van der Waals surface area (Å²) in [6, 6.07) is 11.7. The van der Waals surface area contributed by atoms with Crippen LogP contribution in [0.1, 0.15) is 17.2 Å². The molecular formula is C16H17NO5. The molecule has 22 heavy (non-hydrogen) atoms. The second-order valence-corrected chi connectivity index (χ2v) is 4.83. The van der Waals surface area contributed by atoms with Crippen molar-refractivity contribution in [2.75, 3.05) is 13.7 Å². The molecule has 0 heterocycles. The predicted molar refractivity (Wildman–Crippen MR) is 81.3 cm³/mol. The Kier molecular flexibility index (Phi) is 4.95. The molecule has 2 aromatic carbocycles. The summed E-state index contributed by atoms with van der Waals surface area (Å²) >= 11 is 0. The minimum absolute atomic E-state index is 0.0732. The van der Waals surface area contributed by atoms with Crippen LogP contribution in [0.5, 0.6) is 11.5 Å². The Morgan fingerprint density at radius 3 is 2.50 bits per heavy atom. The van der Waals surface area contributed by atoms with Crippen LogP contribution in [0.4, 0.5) is 5.69 Å². The molecule has 0 fully saturated rings. The first kappa shape index (κ1) is 15.8. The van der Waals surface area contributed by atoms with Gasteiger partial charge in [-0.1, -0.05) is 29.8 Å². The van der Waals surface area contributed by atoms with E-state index in [1.807, 2.05) is 19.1 Å². The fourth-order valence-electron chi connectivity index (χ4n) is 1.94. The molecule has 6 heteroatoms. The monoisotopic (exact) mass is 303 g/mol. The van der Waals surface area contributed by atoms with Crippen molar-refractivity contribution in [1.29, 1.82) is 0 Å². The van der Waals surface area contributed by atoms with E-state index in [9.17, 15) is 15.2 Å². The van der Waals surface area contributed by atoms with E-state index >= 15 is 0 Å². The van der Waals surface area contributed by atoms with Crippen molar-refractivity contribution < 1.29 is 19.5 Å². The summed E-state index contributed by atoms with van der Waals surface area (Å²) in [7, 11) is 1.43. The van der Waals surface area contributed by atoms with Gasteiger partial charge in [-0.05, 0) is 24.6 Å². The highest BCUT2D eigenvalue weighted by Crippen LogP contribution is 2.31. The first-order valence-electron chi connectivity index (χ1n) is 6.71. The molecule has 0 amide bonds. The van der Waals surface area contributed by atoms with Gasteiger partial charge in [0.15, 0.2) is 5.75 Å². The minimum atomic E-state index is -0.859. The number of hydrogen-bond acceptors (Lipinski definition) is 5. The van der Waals surface area contributed by atoms with E-state index in [2.05, 4.69) is 0 Å². The summed E-state index contributed by atoms with van der Waals surface area (Å²) in [4.78, 5) is 10.5. The summed E-state index contributed by atoms with van der Waals surface area (Å²) in [5.74, 6) is 0.468. The smallest absolute Gasteiger partial charge is 0.314 e. The van der Waals surface area contributed by atoms with Gasteiger partial charge in [0.1, 0.15) is 18.5 Å². The van der Waals surface area contributed by atoms with E-state index in [4.69, 9.17) is 9.47 Å². The third kappa shape index (κ3) is 3.73. The summed E-state index contributed by atoms with van der Waals surface area (Å²) < 4.78 is 10.4. The lowest BCUT2D eigenvalue weighted by Crippen LogP contribution is -2.10. The number of rotatable bonds is 6. The van der Waals surface area contributed by atoms with E-state index in [-0.39, 0.29) is 18.0 Å². The van der Waals surface area contributed by atoms with Crippen LogP contribution in [0.2, 0.25) is 0 Å². The quantitative estimate of drug-likeness (QED) is 0.655. The number of nitro groups is 1. The van der Waals surface area contributed by atoms with Crippen molar-refractivity contribution >= 4 is 5.69 Å². The molecule has 1 N–H and O–H groups in total. The van der Waals surface area contributed by atoms with Crippen LogP contribution in [-0.2, 0) is 0 Å². The van der Waals surface area contributed by atoms with Crippen molar-refractivity contribution in [3.63, 3.8) is 0 Å². The number of ether oxygens (including phenoxy) is 2. The molecule has 1 unspecified atom stereocenters. The molecular weight excluding hydrogens is 286 g/mol. The third-order valence-electron chi connectivity index (χ3n) is 3.22. The molecule has 0 spiro atoms. The maximum Gasteiger partial charge on any atom is 0.314 e. The van der Waals surface area contributed by atoms with Crippen LogP contribution in [0.3, 0.4) is 0 Å². The lowest BCUT2D eigenvalue weighted by molar-refractivity contribution is -0.386. The molecule has 0 aromatic heterocycles. The van der Waals surface area contributed by atoms with E-state index in [1.165, 1.54) is 19.2 Å². The molecule has 0 bridgehead atoms. The number of nitrogens with zero attached hydrogens (tertiary/aromatic N) is 1. The molecule has 6 nitrogen and oxygen atoms in total. The molecule has 0 radical (unpaired) electrons. The molecule has 116 valence electrons. The highest BCUT2D eigenvalue weighted by atomic mass is 16.6. The summed E-state index contributed by atoms with van der Waals surface area (Å²) in [6.07, 6.45) is -0.859. The molecule has 1 atom stereocenters. The second-order valence-electron chi connectivity index (χ2n) is 4.83. The molecule has 2 aromatic rings. The zero-order chi connectivity index (χ0) is 16.1. The van der Waals surface area contributed by atoms with Gasteiger partial charge in [-0.3, -0.25) is 10.1 Å². The van der Waals surface area contributed by atoms with E-state index in [0.717, 1.165) is 5.56 Å². The van der Waals surface area contributed by atoms with Gasteiger partial charge in [-0.2, -0.15) is 0 Å². The molecule has 0 saturated heterocycles. The lowest BCUT2D eigenvalue weighted by Gasteiger charge is -2.13.